The molecule has 3 aromatic rings. The first-order valence-corrected chi connectivity index (χ1v) is 11.9. The zero-order chi connectivity index (χ0) is 24.9. The van der Waals surface area contributed by atoms with Crippen molar-refractivity contribution in [2.45, 2.75) is 26.8 Å². The fourth-order valence-electron chi connectivity index (χ4n) is 4.61. The quantitative estimate of drug-likeness (QED) is 0.492. The molecule has 1 amide bonds. The zero-order valence-corrected chi connectivity index (χ0v) is 21.2. The Balaban J connectivity index is 1.44. The van der Waals surface area contributed by atoms with E-state index in [4.69, 9.17) is 14.2 Å². The number of amides is 1. The number of aryl methyl sites for hydroxylation is 1. The molecule has 8 nitrogen and oxygen atoms in total. The van der Waals surface area contributed by atoms with E-state index < -0.39 is 0 Å². The van der Waals surface area contributed by atoms with Crippen LogP contribution in [0.5, 0.6) is 17.2 Å². The van der Waals surface area contributed by atoms with Crippen molar-refractivity contribution in [2.24, 2.45) is 0 Å². The number of methoxy groups -OCH3 is 3. The summed E-state index contributed by atoms with van der Waals surface area (Å²) in [6.45, 7) is 7.70. The van der Waals surface area contributed by atoms with E-state index in [1.165, 1.54) is 5.56 Å². The van der Waals surface area contributed by atoms with Gasteiger partial charge < -0.3 is 19.1 Å². The second kappa shape index (κ2) is 10.8. The van der Waals surface area contributed by atoms with Crippen molar-refractivity contribution >= 4 is 5.91 Å². The Kier molecular flexibility index (Phi) is 7.60. The van der Waals surface area contributed by atoms with Crippen molar-refractivity contribution in [3.8, 4) is 22.9 Å². The molecule has 4 rings (SSSR count). The predicted molar refractivity (Wildman–Crippen MR) is 135 cm³/mol. The molecular formula is C27H34N4O4. The van der Waals surface area contributed by atoms with Gasteiger partial charge in [-0.1, -0.05) is 30.7 Å². The van der Waals surface area contributed by atoms with Crippen LogP contribution in [0.3, 0.4) is 0 Å². The molecule has 0 spiro atoms. The highest BCUT2D eigenvalue weighted by atomic mass is 16.5. The van der Waals surface area contributed by atoms with Crippen LogP contribution in [0.25, 0.3) is 5.69 Å². The molecule has 186 valence electrons. The number of nitrogens with zero attached hydrogens (tertiary/aromatic N) is 4. The first-order chi connectivity index (χ1) is 17.0. The summed E-state index contributed by atoms with van der Waals surface area (Å²) in [6, 6.07) is 12.1. The molecule has 0 N–H and O–H groups in total. The highest BCUT2D eigenvalue weighted by Gasteiger charge is 2.27. The lowest BCUT2D eigenvalue weighted by Crippen LogP contribution is -2.48. The van der Waals surface area contributed by atoms with Crippen molar-refractivity contribution in [1.82, 2.24) is 19.6 Å². The Morgan fingerprint density at radius 1 is 0.914 bits per heavy atom. The predicted octanol–water partition coefficient (Wildman–Crippen LogP) is 3.73. The fraction of sp³-hybridized carbons (Fsp3) is 0.407. The Bertz CT molecular complexity index is 1160. The van der Waals surface area contributed by atoms with Gasteiger partial charge in [0.25, 0.3) is 5.91 Å². The average Bonchev–Trinajstić information content (AvgIpc) is 3.32. The lowest BCUT2D eigenvalue weighted by atomic mass is 10.1. The van der Waals surface area contributed by atoms with Crippen LogP contribution in [-0.4, -0.2) is 73.0 Å². The second-order valence-corrected chi connectivity index (χ2v) is 8.67. The van der Waals surface area contributed by atoms with E-state index in [1.54, 1.807) is 27.5 Å². The lowest BCUT2D eigenvalue weighted by molar-refractivity contribution is 0.0626. The number of hydrogen-bond acceptors (Lipinski definition) is 6. The minimum atomic E-state index is 0.0450. The number of hydrogen-bond donors (Lipinski definition) is 0. The molecule has 8 heteroatoms. The number of carbonyl (C=O) groups excluding carboxylic acids is 1. The van der Waals surface area contributed by atoms with Crippen molar-refractivity contribution < 1.29 is 19.0 Å². The van der Waals surface area contributed by atoms with Gasteiger partial charge in [-0.15, -0.1) is 0 Å². The summed E-state index contributed by atoms with van der Waals surface area (Å²) in [7, 11) is 4.86. The number of piperazine rings is 1. The van der Waals surface area contributed by atoms with E-state index >= 15 is 0 Å². The maximum atomic E-state index is 13.4. The van der Waals surface area contributed by atoms with E-state index in [2.05, 4.69) is 36.0 Å². The molecule has 0 aliphatic carbocycles. The normalized spacial score (nSPS) is 14.1. The van der Waals surface area contributed by atoms with Gasteiger partial charge in [0.05, 0.1) is 44.5 Å². The molecule has 2 aromatic carbocycles. The summed E-state index contributed by atoms with van der Waals surface area (Å²) >= 11 is 0. The summed E-state index contributed by atoms with van der Waals surface area (Å²) in [5, 5.41) is 4.55. The first-order valence-electron chi connectivity index (χ1n) is 11.9. The summed E-state index contributed by atoms with van der Waals surface area (Å²) in [4.78, 5) is 17.7. The molecule has 0 saturated carbocycles. The van der Waals surface area contributed by atoms with Crippen LogP contribution in [0.15, 0.2) is 42.6 Å². The topological polar surface area (TPSA) is 69.1 Å². The van der Waals surface area contributed by atoms with Crippen LogP contribution in [0.4, 0.5) is 0 Å². The molecule has 0 atom stereocenters. The molecule has 1 aliphatic heterocycles. The third-order valence-corrected chi connectivity index (χ3v) is 6.55. The molecule has 1 fully saturated rings. The van der Waals surface area contributed by atoms with Crippen LogP contribution in [0, 0.1) is 6.92 Å². The molecule has 0 bridgehead atoms. The third kappa shape index (κ3) is 4.98. The monoisotopic (exact) mass is 478 g/mol. The number of benzene rings is 2. The van der Waals surface area contributed by atoms with Crippen LogP contribution >= 0.6 is 0 Å². The number of aromatic nitrogens is 2. The molecule has 1 aromatic heterocycles. The minimum Gasteiger partial charge on any atom is -0.493 e. The second-order valence-electron chi connectivity index (χ2n) is 8.67. The Morgan fingerprint density at radius 2 is 1.60 bits per heavy atom. The Morgan fingerprint density at radius 3 is 2.20 bits per heavy atom. The summed E-state index contributed by atoms with van der Waals surface area (Å²) in [5.74, 6) is 1.96. The van der Waals surface area contributed by atoms with Gasteiger partial charge >= 0.3 is 0 Å². The highest BCUT2D eigenvalue weighted by molar-refractivity contribution is 5.95. The van der Waals surface area contributed by atoms with Crippen molar-refractivity contribution in [2.75, 3.05) is 47.5 Å². The van der Waals surface area contributed by atoms with Crippen molar-refractivity contribution in [3.05, 3.63) is 65.0 Å². The van der Waals surface area contributed by atoms with Crippen molar-refractivity contribution in [3.63, 3.8) is 0 Å². The fourth-order valence-corrected chi connectivity index (χ4v) is 4.61. The highest BCUT2D eigenvalue weighted by Crippen LogP contribution is 2.40. The van der Waals surface area contributed by atoms with Gasteiger partial charge in [-0.25, -0.2) is 4.68 Å². The van der Waals surface area contributed by atoms with Crippen LogP contribution in [0.1, 0.15) is 34.1 Å². The smallest absolute Gasteiger partial charge is 0.257 e. The first kappa shape index (κ1) is 24.6. The van der Waals surface area contributed by atoms with Gasteiger partial charge in [0.2, 0.25) is 5.75 Å². The van der Waals surface area contributed by atoms with Gasteiger partial charge in [0.15, 0.2) is 11.5 Å². The van der Waals surface area contributed by atoms with Gasteiger partial charge in [-0.05, 0) is 31.5 Å². The Labute approximate surface area is 207 Å². The maximum absolute atomic E-state index is 13.4. The minimum absolute atomic E-state index is 0.0450. The van der Waals surface area contributed by atoms with Crippen molar-refractivity contribution in [1.29, 1.82) is 0 Å². The number of rotatable bonds is 8. The van der Waals surface area contributed by atoms with E-state index in [0.717, 1.165) is 36.5 Å². The SMILES string of the molecule is CCc1c(C(=O)N2CCN(Cc3ccc(OC)c(OC)c3OC)CC2)cnn1-c1ccc(C)cc1. The number of carbonyl (C=O) groups is 1. The molecule has 2 heterocycles. The zero-order valence-electron chi connectivity index (χ0n) is 21.2. The number of ether oxygens (including phenoxy) is 3. The molecular weight excluding hydrogens is 444 g/mol. The maximum Gasteiger partial charge on any atom is 0.257 e. The summed E-state index contributed by atoms with van der Waals surface area (Å²) in [6.07, 6.45) is 2.44. The molecule has 0 unspecified atom stereocenters. The van der Waals surface area contributed by atoms with Crippen LogP contribution in [-0.2, 0) is 13.0 Å². The van der Waals surface area contributed by atoms with Gasteiger partial charge in [0.1, 0.15) is 0 Å². The standard InChI is InChI=1S/C27H34N4O4/c1-6-23-22(17-28-31(23)21-10-7-19(2)8-11-21)27(32)30-15-13-29(14-16-30)18-20-9-12-24(33-3)26(35-5)25(20)34-4/h7-12,17H,6,13-16,18H2,1-5H3. The summed E-state index contributed by atoms with van der Waals surface area (Å²) < 4.78 is 18.4. The van der Waals surface area contributed by atoms with Gasteiger partial charge in [-0.2, -0.15) is 5.10 Å². The van der Waals surface area contributed by atoms with Gasteiger partial charge in [-0.3, -0.25) is 9.69 Å². The van der Waals surface area contributed by atoms with Crippen LogP contribution in [0.2, 0.25) is 0 Å². The summed E-state index contributed by atoms with van der Waals surface area (Å²) in [5.41, 5.74) is 4.82. The third-order valence-electron chi connectivity index (χ3n) is 6.55. The average molecular weight is 479 g/mol. The molecule has 0 radical (unpaired) electrons. The van der Waals surface area contributed by atoms with E-state index in [0.29, 0.717) is 42.4 Å². The van der Waals surface area contributed by atoms with Crippen LogP contribution < -0.4 is 14.2 Å². The Hall–Kier alpha value is -3.52. The molecule has 1 aliphatic rings. The van der Waals surface area contributed by atoms with E-state index in [9.17, 15) is 4.79 Å². The molecule has 1 saturated heterocycles. The molecule has 35 heavy (non-hydrogen) atoms. The lowest BCUT2D eigenvalue weighted by Gasteiger charge is -2.35. The largest absolute Gasteiger partial charge is 0.493 e. The van der Waals surface area contributed by atoms with Gasteiger partial charge in [0, 0.05) is 38.3 Å². The van der Waals surface area contributed by atoms with E-state index in [1.807, 2.05) is 33.8 Å². The van der Waals surface area contributed by atoms with E-state index in [-0.39, 0.29) is 5.91 Å².